The van der Waals surface area contributed by atoms with E-state index in [1.165, 1.54) is 0 Å². The van der Waals surface area contributed by atoms with Crippen molar-refractivity contribution in [2.24, 2.45) is 10.1 Å². The van der Waals surface area contributed by atoms with Gasteiger partial charge in [-0.25, -0.2) is 9.98 Å². The fourth-order valence-electron chi connectivity index (χ4n) is 2.42. The third-order valence-corrected chi connectivity index (χ3v) is 3.58. The van der Waals surface area contributed by atoms with Gasteiger partial charge in [0, 0.05) is 25.1 Å². The van der Waals surface area contributed by atoms with Gasteiger partial charge in [0.15, 0.2) is 0 Å². The molecule has 0 aromatic carbocycles. The highest BCUT2D eigenvalue weighted by Gasteiger charge is 2.32. The standard InChI is InChI=1S/C13H18N6O/c1-9-14-4-5-18(9)6-12-11(7-20-3)13-17-16-10(2)19(13)8-15-12/h4-5,8,13,17H,6-7H2,1-3H3. The van der Waals surface area contributed by atoms with Gasteiger partial charge in [-0.3, -0.25) is 10.3 Å². The minimum Gasteiger partial charge on any atom is -0.380 e. The second-order valence-corrected chi connectivity index (χ2v) is 4.85. The molecule has 2 aliphatic heterocycles. The molecule has 3 rings (SSSR count). The summed E-state index contributed by atoms with van der Waals surface area (Å²) in [4.78, 5) is 10.8. The third kappa shape index (κ3) is 2.09. The molecule has 1 unspecified atom stereocenters. The lowest BCUT2D eigenvalue weighted by molar-refractivity contribution is 0.210. The van der Waals surface area contributed by atoms with Crippen LogP contribution in [0.3, 0.4) is 0 Å². The Balaban J connectivity index is 1.91. The molecule has 0 saturated heterocycles. The first-order chi connectivity index (χ1) is 9.70. The van der Waals surface area contributed by atoms with Gasteiger partial charge in [0.25, 0.3) is 0 Å². The predicted molar refractivity (Wildman–Crippen MR) is 76.2 cm³/mol. The highest BCUT2D eigenvalue weighted by Crippen LogP contribution is 2.23. The first-order valence-corrected chi connectivity index (χ1v) is 6.51. The molecule has 0 bridgehead atoms. The summed E-state index contributed by atoms with van der Waals surface area (Å²) in [5, 5.41) is 4.25. The Morgan fingerprint density at radius 2 is 2.25 bits per heavy atom. The number of methoxy groups -OCH3 is 1. The van der Waals surface area contributed by atoms with Crippen molar-refractivity contribution in [1.29, 1.82) is 0 Å². The number of amidine groups is 1. The smallest absolute Gasteiger partial charge is 0.148 e. The largest absolute Gasteiger partial charge is 0.380 e. The van der Waals surface area contributed by atoms with E-state index < -0.39 is 0 Å². The van der Waals surface area contributed by atoms with Crippen LogP contribution >= 0.6 is 0 Å². The molecular formula is C13H18N6O. The Kier molecular flexibility index (Phi) is 3.27. The van der Waals surface area contributed by atoms with Crippen molar-refractivity contribution in [2.75, 3.05) is 13.7 Å². The van der Waals surface area contributed by atoms with Gasteiger partial charge in [0.05, 0.1) is 25.2 Å². The number of aryl methyl sites for hydroxylation is 1. The molecule has 0 radical (unpaired) electrons. The van der Waals surface area contributed by atoms with Crippen LogP contribution in [0.4, 0.5) is 0 Å². The lowest BCUT2D eigenvalue weighted by Crippen LogP contribution is -2.44. The summed E-state index contributed by atoms with van der Waals surface area (Å²) in [5.74, 6) is 1.88. The third-order valence-electron chi connectivity index (χ3n) is 3.58. The average Bonchev–Trinajstić information content (AvgIpc) is 3.00. The molecule has 106 valence electrons. The quantitative estimate of drug-likeness (QED) is 0.877. The maximum atomic E-state index is 5.33. The molecule has 1 aromatic rings. The number of allylic oxidation sites excluding steroid dienone is 1. The van der Waals surface area contributed by atoms with Crippen LogP contribution < -0.4 is 5.43 Å². The fourth-order valence-corrected chi connectivity index (χ4v) is 2.42. The fraction of sp³-hybridized carbons (Fsp3) is 0.462. The zero-order valence-corrected chi connectivity index (χ0v) is 11.9. The van der Waals surface area contributed by atoms with Crippen molar-refractivity contribution in [3.8, 4) is 0 Å². The van der Waals surface area contributed by atoms with Crippen LogP contribution in [0.25, 0.3) is 0 Å². The Hall–Kier alpha value is -2.15. The van der Waals surface area contributed by atoms with Crippen molar-refractivity contribution < 1.29 is 4.74 Å². The van der Waals surface area contributed by atoms with Gasteiger partial charge < -0.3 is 9.30 Å². The van der Waals surface area contributed by atoms with E-state index in [1.807, 2.05) is 31.3 Å². The second-order valence-electron chi connectivity index (χ2n) is 4.85. The average molecular weight is 274 g/mol. The Labute approximate surface area is 117 Å². The number of aliphatic imine (C=N–C) groups is 1. The van der Waals surface area contributed by atoms with Gasteiger partial charge in [-0.2, -0.15) is 5.10 Å². The van der Waals surface area contributed by atoms with Crippen LogP contribution in [0, 0.1) is 6.92 Å². The molecule has 0 saturated carbocycles. The number of hydrazone groups is 1. The van der Waals surface area contributed by atoms with E-state index >= 15 is 0 Å². The summed E-state index contributed by atoms with van der Waals surface area (Å²) >= 11 is 0. The van der Waals surface area contributed by atoms with Crippen molar-refractivity contribution in [3.63, 3.8) is 0 Å². The normalized spacial score (nSPS) is 21.1. The number of imidazole rings is 1. The van der Waals surface area contributed by atoms with Crippen LogP contribution in [-0.4, -0.2) is 46.5 Å². The van der Waals surface area contributed by atoms with Gasteiger partial charge >= 0.3 is 0 Å². The number of nitrogens with zero attached hydrogens (tertiary/aromatic N) is 5. The van der Waals surface area contributed by atoms with Crippen LogP contribution in [0.5, 0.6) is 0 Å². The van der Waals surface area contributed by atoms with E-state index in [0.717, 1.165) is 22.9 Å². The molecule has 1 aromatic heterocycles. The topological polar surface area (TPSA) is 67.0 Å². The summed E-state index contributed by atoms with van der Waals surface area (Å²) < 4.78 is 7.40. The maximum absolute atomic E-state index is 5.33. The number of fused-ring (bicyclic) bond motifs is 1. The van der Waals surface area contributed by atoms with Gasteiger partial charge in [-0.05, 0) is 13.8 Å². The first kappa shape index (κ1) is 12.9. The number of nitrogens with one attached hydrogen (secondary N) is 1. The minimum atomic E-state index is 0.00581. The minimum absolute atomic E-state index is 0.00581. The molecule has 7 heteroatoms. The van der Waals surface area contributed by atoms with Crippen molar-refractivity contribution in [1.82, 2.24) is 19.9 Å². The summed E-state index contributed by atoms with van der Waals surface area (Å²) in [7, 11) is 1.69. The van der Waals surface area contributed by atoms with Crippen molar-refractivity contribution in [2.45, 2.75) is 26.6 Å². The van der Waals surface area contributed by atoms with E-state index in [2.05, 4.69) is 25.1 Å². The lowest BCUT2D eigenvalue weighted by atomic mass is 10.1. The van der Waals surface area contributed by atoms with Crippen LogP contribution in [-0.2, 0) is 11.3 Å². The lowest BCUT2D eigenvalue weighted by Gasteiger charge is -2.29. The highest BCUT2D eigenvalue weighted by molar-refractivity contribution is 5.93. The maximum Gasteiger partial charge on any atom is 0.148 e. The number of aromatic nitrogens is 2. The number of rotatable bonds is 4. The van der Waals surface area contributed by atoms with Crippen LogP contribution in [0.15, 0.2) is 33.8 Å². The molecule has 20 heavy (non-hydrogen) atoms. The Bertz CT molecular complexity index is 600. The molecule has 0 fully saturated rings. The number of hydrogen-bond donors (Lipinski definition) is 1. The molecule has 7 nitrogen and oxygen atoms in total. The van der Waals surface area contributed by atoms with E-state index in [0.29, 0.717) is 13.2 Å². The molecule has 2 aliphatic rings. The van der Waals surface area contributed by atoms with E-state index in [9.17, 15) is 0 Å². The van der Waals surface area contributed by atoms with Crippen molar-refractivity contribution in [3.05, 3.63) is 29.5 Å². The van der Waals surface area contributed by atoms with E-state index in [-0.39, 0.29) is 6.17 Å². The zero-order valence-electron chi connectivity index (χ0n) is 11.9. The van der Waals surface area contributed by atoms with Gasteiger partial charge in [-0.15, -0.1) is 0 Å². The van der Waals surface area contributed by atoms with Crippen molar-refractivity contribution >= 4 is 12.2 Å². The Morgan fingerprint density at radius 1 is 1.40 bits per heavy atom. The molecule has 0 aliphatic carbocycles. The molecular weight excluding hydrogens is 256 g/mol. The molecule has 0 spiro atoms. The van der Waals surface area contributed by atoms with Gasteiger partial charge in [0.1, 0.15) is 17.8 Å². The summed E-state index contributed by atoms with van der Waals surface area (Å²) in [6, 6.07) is 0. The number of hydrogen-bond acceptors (Lipinski definition) is 6. The SMILES string of the molecule is COCC1=C(Cn2ccnc2C)N=CN2C(C)=NNC12. The van der Waals surface area contributed by atoms with Gasteiger partial charge in [0.2, 0.25) is 0 Å². The van der Waals surface area contributed by atoms with Crippen LogP contribution in [0.1, 0.15) is 12.7 Å². The zero-order chi connectivity index (χ0) is 14.1. The molecule has 0 amide bonds. The molecule has 3 heterocycles. The highest BCUT2D eigenvalue weighted by atomic mass is 16.5. The second kappa shape index (κ2) is 5.09. The van der Waals surface area contributed by atoms with Gasteiger partial charge in [-0.1, -0.05) is 0 Å². The summed E-state index contributed by atoms with van der Waals surface area (Å²) in [6.07, 6.45) is 5.58. The monoisotopic (exact) mass is 274 g/mol. The van der Waals surface area contributed by atoms with E-state index in [4.69, 9.17) is 4.74 Å². The number of ether oxygens (including phenoxy) is 1. The Morgan fingerprint density at radius 3 is 2.95 bits per heavy atom. The molecule has 1 N–H and O–H groups in total. The van der Waals surface area contributed by atoms with E-state index in [1.54, 1.807) is 13.3 Å². The summed E-state index contributed by atoms with van der Waals surface area (Å²) in [6.45, 7) is 5.15. The van der Waals surface area contributed by atoms with Crippen LogP contribution in [0.2, 0.25) is 0 Å². The predicted octanol–water partition coefficient (Wildman–Crippen LogP) is 0.699. The summed E-state index contributed by atoms with van der Waals surface area (Å²) in [5.41, 5.74) is 5.22. The molecule has 1 atom stereocenters. The first-order valence-electron chi connectivity index (χ1n) is 6.51.